The van der Waals surface area contributed by atoms with Crippen LogP contribution in [0, 0.1) is 23.0 Å². The summed E-state index contributed by atoms with van der Waals surface area (Å²) in [5, 5.41) is 0.574. The molecule has 6 nitrogen and oxygen atoms in total. The van der Waals surface area contributed by atoms with E-state index in [1.54, 1.807) is 18.2 Å². The number of hydrogen-bond acceptors (Lipinski definition) is 6. The molecule has 1 aliphatic carbocycles. The summed E-state index contributed by atoms with van der Waals surface area (Å²) in [5.74, 6) is 0.103. The van der Waals surface area contributed by atoms with E-state index in [2.05, 4.69) is 57.0 Å². The molecular weight excluding hydrogens is 586 g/mol. The number of nitrogens with zero attached hydrogens (tertiary/aromatic N) is 2. The first-order valence-corrected chi connectivity index (χ1v) is 15.8. The highest BCUT2D eigenvalue weighted by Crippen LogP contribution is 2.38. The molecule has 0 N–H and O–H groups in total. The van der Waals surface area contributed by atoms with Crippen LogP contribution >= 0.6 is 0 Å². The number of hydrogen-bond donors (Lipinski definition) is 0. The van der Waals surface area contributed by atoms with Crippen LogP contribution in [0.1, 0.15) is 65.4 Å². The van der Waals surface area contributed by atoms with E-state index in [-0.39, 0.29) is 41.4 Å². The molecule has 242 valence electrons. The number of benzene rings is 2. The lowest BCUT2D eigenvalue weighted by molar-refractivity contribution is -0.119. The molecule has 5 rings (SSSR count). The summed E-state index contributed by atoms with van der Waals surface area (Å²) in [7, 11) is 3.04. The van der Waals surface area contributed by atoms with Crippen molar-refractivity contribution in [2.24, 2.45) is 16.3 Å². The van der Waals surface area contributed by atoms with Crippen LogP contribution in [0.25, 0.3) is 10.9 Å². The van der Waals surface area contributed by atoms with Crippen molar-refractivity contribution < 1.29 is 27.8 Å². The van der Waals surface area contributed by atoms with Gasteiger partial charge >= 0.3 is 0 Å². The molecule has 0 radical (unpaired) electrons. The Bertz CT molecular complexity index is 1750. The van der Waals surface area contributed by atoms with Crippen molar-refractivity contribution in [1.29, 1.82) is 0 Å². The van der Waals surface area contributed by atoms with Crippen LogP contribution in [0.15, 0.2) is 77.0 Å². The molecule has 0 amide bonds. The number of aromatic nitrogens is 1. The number of Topliss-reactive ketones (excluding diaryl/α,β-unsaturated/α-hetero) is 1. The highest BCUT2D eigenvalue weighted by Gasteiger charge is 2.27. The number of fused-ring (bicyclic) bond motifs is 1. The molecule has 1 aliphatic heterocycles. The van der Waals surface area contributed by atoms with Crippen molar-refractivity contribution in [2.45, 2.75) is 72.3 Å². The molecule has 0 fully saturated rings. The van der Waals surface area contributed by atoms with Gasteiger partial charge in [0.2, 0.25) is 0 Å². The van der Waals surface area contributed by atoms with Gasteiger partial charge < -0.3 is 14.2 Å². The average molecular weight is 629 g/mol. The van der Waals surface area contributed by atoms with Crippen LogP contribution in [0.3, 0.4) is 0 Å². The van der Waals surface area contributed by atoms with E-state index >= 15 is 0 Å². The van der Waals surface area contributed by atoms with E-state index in [0.717, 1.165) is 24.6 Å². The third-order valence-corrected chi connectivity index (χ3v) is 8.52. The van der Waals surface area contributed by atoms with Gasteiger partial charge in [-0.3, -0.25) is 14.8 Å². The highest BCUT2D eigenvalue weighted by molar-refractivity contribution is 6.00. The smallest absolute Gasteiger partial charge is 0.168 e. The number of allylic oxidation sites excluding steroid dienone is 4. The van der Waals surface area contributed by atoms with E-state index in [0.29, 0.717) is 46.9 Å². The maximum Gasteiger partial charge on any atom is 0.168 e. The summed E-state index contributed by atoms with van der Waals surface area (Å²) in [5.41, 5.74) is 4.26. The molecule has 2 unspecified atom stereocenters. The number of pyridine rings is 1. The Hall–Kier alpha value is -4.33. The van der Waals surface area contributed by atoms with Gasteiger partial charge in [-0.05, 0) is 67.0 Å². The van der Waals surface area contributed by atoms with Crippen LogP contribution in [-0.4, -0.2) is 36.7 Å². The number of halogens is 2. The number of ether oxygens (including phenoxy) is 3. The Morgan fingerprint density at radius 3 is 2.39 bits per heavy atom. The summed E-state index contributed by atoms with van der Waals surface area (Å²) in [4.78, 5) is 22.5. The van der Waals surface area contributed by atoms with Crippen molar-refractivity contribution in [3.63, 3.8) is 0 Å². The Morgan fingerprint density at radius 1 is 0.935 bits per heavy atom. The molecule has 0 spiro atoms. The van der Waals surface area contributed by atoms with Gasteiger partial charge in [-0.15, -0.1) is 0 Å². The van der Waals surface area contributed by atoms with E-state index in [1.807, 2.05) is 0 Å². The summed E-state index contributed by atoms with van der Waals surface area (Å²) >= 11 is 0. The quantitative estimate of drug-likeness (QED) is 0.212. The second-order valence-corrected chi connectivity index (χ2v) is 13.1. The molecular formula is C38H42F2N2O4. The number of carbonyl (C=O) groups excluding carboxylic acids is 1. The van der Waals surface area contributed by atoms with Gasteiger partial charge in [0.1, 0.15) is 17.3 Å². The topological polar surface area (TPSA) is 70.0 Å². The lowest BCUT2D eigenvalue weighted by Crippen LogP contribution is -2.27. The Balaban J connectivity index is 1.26. The standard InChI is InChI=1S/C38H42F2N2O4/c1-23-8-7-9-26(16-23)31-17-24(18-37(42-31)38(2,3)4)10-12-27(43)13-11-25-19-34(30(40)21-29(25)39)46-33-14-15-41-32-22-36(45-6)35(44-5)20-28(32)33/h7-9,14-15,18-23,31H,10-13,16-17H2,1-6H3. The lowest BCUT2D eigenvalue weighted by atomic mass is 9.81. The molecule has 3 aromatic rings. The third-order valence-electron chi connectivity index (χ3n) is 8.52. The van der Waals surface area contributed by atoms with Crippen molar-refractivity contribution in [1.82, 2.24) is 4.98 Å². The van der Waals surface area contributed by atoms with E-state index in [1.165, 1.54) is 37.6 Å². The predicted octanol–water partition coefficient (Wildman–Crippen LogP) is 9.31. The first-order chi connectivity index (χ1) is 21.9. The van der Waals surface area contributed by atoms with Gasteiger partial charge in [-0.2, -0.15) is 0 Å². The van der Waals surface area contributed by atoms with Crippen molar-refractivity contribution >= 4 is 22.4 Å². The first kappa shape index (κ1) is 33.0. The molecule has 2 aromatic carbocycles. The number of methoxy groups -OCH3 is 2. The fraction of sp³-hybridized carbons (Fsp3) is 0.395. The summed E-state index contributed by atoms with van der Waals surface area (Å²) in [6.45, 7) is 8.69. The summed E-state index contributed by atoms with van der Waals surface area (Å²) < 4.78 is 46.4. The van der Waals surface area contributed by atoms with E-state index < -0.39 is 11.6 Å². The number of carbonyl (C=O) groups is 1. The van der Waals surface area contributed by atoms with E-state index in [4.69, 9.17) is 19.2 Å². The number of aliphatic imine (C=N–C) groups is 1. The van der Waals surface area contributed by atoms with Gasteiger partial charge in [0.15, 0.2) is 23.1 Å². The van der Waals surface area contributed by atoms with E-state index in [9.17, 15) is 13.6 Å². The molecule has 8 heteroatoms. The average Bonchev–Trinajstić information content (AvgIpc) is 3.03. The first-order valence-electron chi connectivity index (χ1n) is 15.8. The Labute approximate surface area is 269 Å². The zero-order valence-electron chi connectivity index (χ0n) is 27.5. The molecule has 2 atom stereocenters. The third kappa shape index (κ3) is 7.72. The highest BCUT2D eigenvalue weighted by atomic mass is 19.1. The second kappa shape index (κ2) is 14.0. The minimum atomic E-state index is -0.842. The molecule has 1 aromatic heterocycles. The zero-order chi connectivity index (χ0) is 33.0. The molecule has 0 saturated heterocycles. The minimum absolute atomic E-state index is 0.0260. The molecule has 2 aliphatic rings. The van der Waals surface area contributed by atoms with Gasteiger partial charge in [-0.1, -0.05) is 51.5 Å². The number of aryl methyl sites for hydroxylation is 1. The number of ketones is 1. The van der Waals surface area contributed by atoms with Gasteiger partial charge in [0, 0.05) is 47.7 Å². The summed E-state index contributed by atoms with van der Waals surface area (Å²) in [6, 6.07) is 7.22. The fourth-order valence-electron chi connectivity index (χ4n) is 5.87. The van der Waals surface area contributed by atoms with Gasteiger partial charge in [0.05, 0.1) is 25.8 Å². The van der Waals surface area contributed by atoms with Crippen LogP contribution in [0.4, 0.5) is 8.78 Å². The number of rotatable bonds is 11. The van der Waals surface area contributed by atoms with Crippen molar-refractivity contribution in [3.8, 4) is 23.0 Å². The lowest BCUT2D eigenvalue weighted by Gasteiger charge is -2.30. The zero-order valence-corrected chi connectivity index (χ0v) is 27.5. The minimum Gasteiger partial charge on any atom is -0.493 e. The molecule has 46 heavy (non-hydrogen) atoms. The number of dihydropyridines is 1. The maximum atomic E-state index is 14.9. The SMILES string of the molecule is COc1cc2nccc(Oc3cc(CCC(=O)CCC4=CC(C(C)(C)C)=NC(C5=CC=CC(C)C5)C4)c(F)cc3F)c2cc1OC. The van der Waals surface area contributed by atoms with Crippen LogP contribution in [0.5, 0.6) is 23.0 Å². The largest absolute Gasteiger partial charge is 0.493 e. The maximum absolute atomic E-state index is 14.9. The predicted molar refractivity (Wildman–Crippen MR) is 178 cm³/mol. The van der Waals surface area contributed by atoms with Crippen molar-refractivity contribution in [2.75, 3.05) is 14.2 Å². The molecule has 0 saturated carbocycles. The fourth-order valence-corrected chi connectivity index (χ4v) is 5.87. The van der Waals surface area contributed by atoms with Crippen LogP contribution < -0.4 is 14.2 Å². The van der Waals surface area contributed by atoms with Crippen molar-refractivity contribution in [3.05, 3.63) is 89.2 Å². The molecule has 2 heterocycles. The normalized spacial score (nSPS) is 18.1. The van der Waals surface area contributed by atoms with Gasteiger partial charge in [0.25, 0.3) is 0 Å². The summed E-state index contributed by atoms with van der Waals surface area (Å²) in [6.07, 6.45) is 13.3. The monoisotopic (exact) mass is 628 g/mol. The Kier molecular flexibility index (Phi) is 10.0. The second-order valence-electron chi connectivity index (χ2n) is 13.1. The molecule has 0 bridgehead atoms. The van der Waals surface area contributed by atoms with Crippen LogP contribution in [0.2, 0.25) is 0 Å². The van der Waals surface area contributed by atoms with Gasteiger partial charge in [-0.25, -0.2) is 8.78 Å². The van der Waals surface area contributed by atoms with Crippen LogP contribution in [-0.2, 0) is 11.2 Å². The Morgan fingerprint density at radius 2 is 1.67 bits per heavy atom.